The Labute approximate surface area is 78.9 Å². The third kappa shape index (κ3) is 3.52. The standard InChI is InChI=1S/C6H9N3O5/c1-7-5(13)9(2-4(11)12)6(14)8-3-10/h3H,2H2,1H3,(H,7,13)(H,11,12)(H,8,10,14). The average molecular weight is 203 g/mol. The second kappa shape index (κ2) is 5.51. The Hall–Kier alpha value is -2.12. The van der Waals surface area contributed by atoms with Gasteiger partial charge in [0.25, 0.3) is 0 Å². The Morgan fingerprint density at radius 3 is 2.29 bits per heavy atom. The second-order valence-electron chi connectivity index (χ2n) is 2.10. The topological polar surface area (TPSA) is 116 Å². The Balaban J connectivity index is 4.53. The van der Waals surface area contributed by atoms with Crippen LogP contribution < -0.4 is 10.6 Å². The molecular weight excluding hydrogens is 194 g/mol. The Morgan fingerprint density at radius 1 is 1.36 bits per heavy atom. The van der Waals surface area contributed by atoms with Crippen LogP contribution in [0.5, 0.6) is 0 Å². The molecule has 0 aliphatic carbocycles. The highest BCUT2D eigenvalue weighted by atomic mass is 16.4. The number of hydrogen-bond donors (Lipinski definition) is 3. The largest absolute Gasteiger partial charge is 0.480 e. The summed E-state index contributed by atoms with van der Waals surface area (Å²) in [6.07, 6.45) is 0.0557. The maximum Gasteiger partial charge on any atom is 0.332 e. The van der Waals surface area contributed by atoms with E-state index in [-0.39, 0.29) is 6.41 Å². The van der Waals surface area contributed by atoms with E-state index in [1.54, 1.807) is 5.32 Å². The summed E-state index contributed by atoms with van der Waals surface area (Å²) in [5, 5.41) is 12.1. The average Bonchev–Trinajstić information content (AvgIpc) is 2.13. The molecular formula is C6H9N3O5. The van der Waals surface area contributed by atoms with Crippen molar-refractivity contribution >= 4 is 24.4 Å². The van der Waals surface area contributed by atoms with Crippen molar-refractivity contribution in [1.29, 1.82) is 0 Å². The molecule has 0 aliphatic rings. The predicted octanol–water partition coefficient (Wildman–Crippen LogP) is -1.42. The molecule has 8 nitrogen and oxygen atoms in total. The molecule has 5 amide bonds. The molecule has 14 heavy (non-hydrogen) atoms. The minimum Gasteiger partial charge on any atom is -0.480 e. The van der Waals surface area contributed by atoms with Gasteiger partial charge in [-0.3, -0.25) is 14.9 Å². The number of nitrogens with one attached hydrogen (secondary N) is 2. The van der Waals surface area contributed by atoms with E-state index in [0.29, 0.717) is 4.90 Å². The smallest absolute Gasteiger partial charge is 0.332 e. The van der Waals surface area contributed by atoms with Crippen molar-refractivity contribution in [1.82, 2.24) is 15.5 Å². The molecule has 0 aromatic carbocycles. The highest BCUT2D eigenvalue weighted by molar-refractivity contribution is 5.99. The molecule has 0 fully saturated rings. The number of carbonyl (C=O) groups excluding carboxylic acids is 3. The van der Waals surface area contributed by atoms with Crippen molar-refractivity contribution in [3.63, 3.8) is 0 Å². The zero-order valence-corrected chi connectivity index (χ0v) is 7.31. The van der Waals surface area contributed by atoms with E-state index in [1.807, 2.05) is 0 Å². The van der Waals surface area contributed by atoms with E-state index in [4.69, 9.17) is 5.11 Å². The third-order valence-electron chi connectivity index (χ3n) is 1.18. The van der Waals surface area contributed by atoms with Crippen LogP contribution in [0.4, 0.5) is 9.59 Å². The van der Waals surface area contributed by atoms with E-state index >= 15 is 0 Å². The summed E-state index contributed by atoms with van der Waals surface area (Å²) in [6.45, 7) is -0.820. The van der Waals surface area contributed by atoms with Crippen molar-refractivity contribution < 1.29 is 24.3 Å². The molecule has 8 heteroatoms. The number of carbonyl (C=O) groups is 4. The molecule has 0 saturated carbocycles. The fourth-order valence-electron chi connectivity index (χ4n) is 0.634. The van der Waals surface area contributed by atoms with Gasteiger partial charge in [-0.25, -0.2) is 14.5 Å². The van der Waals surface area contributed by atoms with Crippen molar-refractivity contribution in [3.05, 3.63) is 0 Å². The Morgan fingerprint density at radius 2 is 1.93 bits per heavy atom. The highest BCUT2D eigenvalue weighted by Crippen LogP contribution is 1.90. The number of carboxylic acid groups (broad SMARTS) is 1. The first-order chi connectivity index (χ1) is 6.52. The van der Waals surface area contributed by atoms with Gasteiger partial charge in [-0.2, -0.15) is 0 Å². The first-order valence-electron chi connectivity index (χ1n) is 3.48. The summed E-state index contributed by atoms with van der Waals surface area (Å²) >= 11 is 0. The third-order valence-corrected chi connectivity index (χ3v) is 1.18. The lowest BCUT2D eigenvalue weighted by Crippen LogP contribution is -2.49. The van der Waals surface area contributed by atoms with Gasteiger partial charge >= 0.3 is 18.0 Å². The summed E-state index contributed by atoms with van der Waals surface area (Å²) in [6, 6.07) is -2.01. The van der Waals surface area contributed by atoms with Crippen molar-refractivity contribution in [3.8, 4) is 0 Å². The molecule has 0 heterocycles. The fraction of sp³-hybridized carbons (Fsp3) is 0.333. The number of hydrogen-bond acceptors (Lipinski definition) is 4. The van der Waals surface area contributed by atoms with Gasteiger partial charge in [0.05, 0.1) is 0 Å². The van der Waals surface area contributed by atoms with E-state index in [9.17, 15) is 19.2 Å². The molecule has 0 bridgehead atoms. The normalized spacial score (nSPS) is 8.64. The molecule has 0 atom stereocenters. The monoisotopic (exact) mass is 203 g/mol. The second-order valence-corrected chi connectivity index (χ2v) is 2.10. The van der Waals surface area contributed by atoms with Crippen LogP contribution in [-0.4, -0.2) is 48.0 Å². The summed E-state index contributed by atoms with van der Waals surface area (Å²) in [4.78, 5) is 42.3. The van der Waals surface area contributed by atoms with Gasteiger partial charge in [-0.05, 0) is 0 Å². The molecule has 0 radical (unpaired) electrons. The van der Waals surface area contributed by atoms with Crippen molar-refractivity contribution in [2.24, 2.45) is 0 Å². The van der Waals surface area contributed by atoms with Gasteiger partial charge in [-0.1, -0.05) is 0 Å². The number of aliphatic carboxylic acids is 1. The molecule has 0 unspecified atom stereocenters. The van der Waals surface area contributed by atoms with Gasteiger partial charge in [0.15, 0.2) is 0 Å². The predicted molar refractivity (Wildman–Crippen MR) is 43.4 cm³/mol. The van der Waals surface area contributed by atoms with Crippen LogP contribution in [0.3, 0.4) is 0 Å². The summed E-state index contributed by atoms with van der Waals surface area (Å²) in [5.41, 5.74) is 0. The number of rotatable bonds is 3. The number of carboxylic acids is 1. The van der Waals surface area contributed by atoms with Crippen LogP contribution in [0, 0.1) is 0 Å². The van der Waals surface area contributed by atoms with Crippen molar-refractivity contribution in [2.75, 3.05) is 13.6 Å². The van der Waals surface area contributed by atoms with Crippen molar-refractivity contribution in [2.45, 2.75) is 0 Å². The van der Waals surface area contributed by atoms with Crippen LogP contribution >= 0.6 is 0 Å². The van der Waals surface area contributed by atoms with E-state index in [0.717, 1.165) is 0 Å². The number of amides is 5. The molecule has 0 rings (SSSR count). The van der Waals surface area contributed by atoms with Gasteiger partial charge < -0.3 is 10.4 Å². The first-order valence-corrected chi connectivity index (χ1v) is 3.48. The van der Waals surface area contributed by atoms with E-state index in [1.165, 1.54) is 7.05 Å². The number of imide groups is 2. The fourth-order valence-corrected chi connectivity index (χ4v) is 0.634. The van der Waals surface area contributed by atoms with Gasteiger partial charge in [0, 0.05) is 7.05 Å². The molecule has 78 valence electrons. The molecule has 0 spiro atoms. The highest BCUT2D eigenvalue weighted by Gasteiger charge is 2.22. The van der Waals surface area contributed by atoms with Crippen LogP contribution in [0.15, 0.2) is 0 Å². The zero-order chi connectivity index (χ0) is 11.1. The molecule has 0 aromatic rings. The minimum absolute atomic E-state index is 0.0557. The first kappa shape index (κ1) is 11.9. The van der Waals surface area contributed by atoms with Crippen LogP contribution in [0.2, 0.25) is 0 Å². The Kier molecular flexibility index (Phi) is 4.68. The number of urea groups is 2. The lowest BCUT2D eigenvalue weighted by atomic mass is 10.5. The van der Waals surface area contributed by atoms with E-state index < -0.39 is 24.6 Å². The quantitative estimate of drug-likeness (QED) is 0.487. The summed E-state index contributed by atoms with van der Waals surface area (Å²) in [5.74, 6) is -1.37. The van der Waals surface area contributed by atoms with Crippen LogP contribution in [-0.2, 0) is 9.59 Å². The van der Waals surface area contributed by atoms with Crippen LogP contribution in [0.25, 0.3) is 0 Å². The molecule has 0 aliphatic heterocycles. The summed E-state index contributed by atoms with van der Waals surface area (Å²) < 4.78 is 0. The minimum atomic E-state index is -1.37. The molecule has 0 saturated heterocycles. The maximum absolute atomic E-state index is 10.9. The van der Waals surface area contributed by atoms with Gasteiger partial charge in [0.2, 0.25) is 6.41 Å². The molecule has 0 aromatic heterocycles. The maximum atomic E-state index is 10.9. The molecule has 3 N–H and O–H groups in total. The summed E-state index contributed by atoms with van der Waals surface area (Å²) in [7, 11) is 1.23. The van der Waals surface area contributed by atoms with Crippen LogP contribution in [0.1, 0.15) is 0 Å². The lowest BCUT2D eigenvalue weighted by Gasteiger charge is -2.16. The zero-order valence-electron chi connectivity index (χ0n) is 7.31. The van der Waals surface area contributed by atoms with Gasteiger partial charge in [0.1, 0.15) is 6.54 Å². The van der Waals surface area contributed by atoms with E-state index in [2.05, 4.69) is 5.32 Å². The SMILES string of the molecule is CNC(=O)N(CC(=O)O)C(=O)NC=O. The number of nitrogens with zero attached hydrogens (tertiary/aromatic N) is 1. The lowest BCUT2D eigenvalue weighted by molar-refractivity contribution is -0.137. The Bertz CT molecular complexity index is 264. The van der Waals surface area contributed by atoms with Gasteiger partial charge in [-0.15, -0.1) is 0 Å².